The number of aromatic nitrogens is 6. The highest BCUT2D eigenvalue weighted by molar-refractivity contribution is 5.61. The van der Waals surface area contributed by atoms with Crippen LogP contribution in [0.2, 0.25) is 0 Å². The van der Waals surface area contributed by atoms with Crippen molar-refractivity contribution in [3.8, 4) is 16.9 Å². The summed E-state index contributed by atoms with van der Waals surface area (Å²) in [5.74, 6) is 1.29. The number of benzene rings is 1. The van der Waals surface area contributed by atoms with E-state index in [-0.39, 0.29) is 0 Å². The van der Waals surface area contributed by atoms with Crippen LogP contribution >= 0.6 is 0 Å². The predicted molar refractivity (Wildman–Crippen MR) is 78.8 cm³/mol. The molecule has 3 rings (SSSR count). The molecule has 0 spiro atoms. The zero-order valence-corrected chi connectivity index (χ0v) is 11.8. The fourth-order valence-corrected chi connectivity index (χ4v) is 2.22. The fourth-order valence-electron chi connectivity index (χ4n) is 2.22. The Morgan fingerprint density at radius 1 is 1.38 bits per heavy atom. The Balaban J connectivity index is 1.89. The van der Waals surface area contributed by atoms with Crippen LogP contribution in [0.5, 0.6) is 0 Å². The lowest BCUT2D eigenvalue weighted by Crippen LogP contribution is -2.05. The zero-order valence-electron chi connectivity index (χ0n) is 11.8. The van der Waals surface area contributed by atoms with Crippen LogP contribution in [0.4, 0.5) is 0 Å². The maximum absolute atomic E-state index is 5.60. The molecule has 7 nitrogen and oxygen atoms in total. The molecule has 2 aromatic heterocycles. The first-order chi connectivity index (χ1) is 10.3. The van der Waals surface area contributed by atoms with Gasteiger partial charge in [0.25, 0.3) is 0 Å². The highest BCUT2D eigenvalue weighted by Crippen LogP contribution is 2.23. The Bertz CT molecular complexity index is 702. The smallest absolute Gasteiger partial charge is 0.143 e. The van der Waals surface area contributed by atoms with E-state index < -0.39 is 0 Å². The van der Waals surface area contributed by atoms with E-state index in [9.17, 15) is 0 Å². The number of hydrogen-bond acceptors (Lipinski definition) is 5. The Morgan fingerprint density at radius 3 is 3.05 bits per heavy atom. The number of nitrogens with zero attached hydrogens (tertiary/aromatic N) is 5. The van der Waals surface area contributed by atoms with E-state index in [0.717, 1.165) is 29.2 Å². The van der Waals surface area contributed by atoms with E-state index in [0.29, 0.717) is 12.5 Å². The van der Waals surface area contributed by atoms with E-state index in [1.807, 2.05) is 30.5 Å². The summed E-state index contributed by atoms with van der Waals surface area (Å²) in [4.78, 5) is 7.80. The second-order valence-electron chi connectivity index (χ2n) is 4.97. The molecule has 2 heterocycles. The van der Waals surface area contributed by atoms with E-state index in [1.54, 1.807) is 11.0 Å². The summed E-state index contributed by atoms with van der Waals surface area (Å²) in [6.07, 6.45) is 4.33. The number of aromatic amines is 1. The molecule has 0 aliphatic carbocycles. The predicted octanol–water partition coefficient (Wildman–Crippen LogP) is 1.50. The van der Waals surface area contributed by atoms with Crippen molar-refractivity contribution >= 4 is 0 Å². The van der Waals surface area contributed by atoms with Gasteiger partial charge in [-0.3, -0.25) is 0 Å². The van der Waals surface area contributed by atoms with Crippen molar-refractivity contribution in [2.45, 2.75) is 19.3 Å². The molecule has 21 heavy (non-hydrogen) atoms. The largest absolute Gasteiger partial charge is 0.342 e. The van der Waals surface area contributed by atoms with Crippen LogP contribution in [0.25, 0.3) is 16.9 Å². The number of imidazole rings is 1. The fraction of sp³-hybridized carbons (Fsp3) is 0.286. The van der Waals surface area contributed by atoms with Crippen molar-refractivity contribution in [1.82, 2.24) is 30.2 Å². The van der Waals surface area contributed by atoms with Gasteiger partial charge in [-0.25, -0.2) is 9.67 Å². The van der Waals surface area contributed by atoms with Gasteiger partial charge in [-0.05, 0) is 35.5 Å². The molecule has 0 saturated carbocycles. The minimum absolute atomic E-state index is 0.325. The van der Waals surface area contributed by atoms with Crippen molar-refractivity contribution in [3.05, 3.63) is 42.6 Å². The van der Waals surface area contributed by atoms with Crippen LogP contribution in [-0.2, 0) is 0 Å². The van der Waals surface area contributed by atoms with Crippen molar-refractivity contribution in [1.29, 1.82) is 0 Å². The van der Waals surface area contributed by atoms with E-state index in [4.69, 9.17) is 5.73 Å². The van der Waals surface area contributed by atoms with Crippen molar-refractivity contribution in [2.24, 2.45) is 5.73 Å². The van der Waals surface area contributed by atoms with Gasteiger partial charge < -0.3 is 10.7 Å². The van der Waals surface area contributed by atoms with E-state index in [1.165, 1.54) is 0 Å². The number of nitrogens with one attached hydrogen (secondary N) is 1. The molecule has 0 aliphatic rings. The topological polar surface area (TPSA) is 98.3 Å². The first-order valence-electron chi connectivity index (χ1n) is 6.86. The molecule has 3 aromatic rings. The molecular weight excluding hydrogens is 266 g/mol. The summed E-state index contributed by atoms with van der Waals surface area (Å²) < 4.78 is 1.62. The molecular formula is C14H17N7. The molecule has 0 fully saturated rings. The minimum Gasteiger partial charge on any atom is -0.342 e. The summed E-state index contributed by atoms with van der Waals surface area (Å²) in [6.45, 7) is 2.78. The Kier molecular flexibility index (Phi) is 3.74. The second kappa shape index (κ2) is 5.84. The Hall–Kier alpha value is -2.54. The van der Waals surface area contributed by atoms with Gasteiger partial charge in [0.05, 0.1) is 17.6 Å². The molecule has 0 aliphatic heterocycles. The van der Waals surface area contributed by atoms with Gasteiger partial charge >= 0.3 is 0 Å². The molecule has 3 N–H and O–H groups in total. The Morgan fingerprint density at radius 2 is 2.29 bits per heavy atom. The number of H-pyrrole nitrogens is 1. The lowest BCUT2D eigenvalue weighted by atomic mass is 10.1. The highest BCUT2D eigenvalue weighted by Gasteiger charge is 2.10. The van der Waals surface area contributed by atoms with Gasteiger partial charge in [-0.2, -0.15) is 0 Å². The van der Waals surface area contributed by atoms with Crippen LogP contribution in [0, 0.1) is 0 Å². The summed E-state index contributed by atoms with van der Waals surface area (Å²) in [5.41, 5.74) is 8.52. The molecule has 0 amide bonds. The Labute approximate surface area is 122 Å². The standard InChI is InChI=1S/C14H17N7/c1-10(5-6-15)14-16-8-13(18-14)11-3-2-4-12(7-11)21-9-17-19-20-21/h2-4,7-10H,5-6,15H2,1H3,(H,16,18). The lowest BCUT2D eigenvalue weighted by Gasteiger charge is -2.06. The van der Waals surface area contributed by atoms with Crippen molar-refractivity contribution in [3.63, 3.8) is 0 Å². The number of tetrazole rings is 1. The molecule has 1 atom stereocenters. The summed E-state index contributed by atoms with van der Waals surface area (Å²) in [6, 6.07) is 7.96. The van der Waals surface area contributed by atoms with Gasteiger partial charge in [-0.1, -0.05) is 19.1 Å². The molecule has 0 bridgehead atoms. The van der Waals surface area contributed by atoms with Crippen LogP contribution in [-0.4, -0.2) is 36.7 Å². The van der Waals surface area contributed by atoms with Crippen LogP contribution in [0.1, 0.15) is 25.1 Å². The average Bonchev–Trinajstić information content (AvgIpc) is 3.19. The molecule has 0 saturated heterocycles. The van der Waals surface area contributed by atoms with Gasteiger partial charge in [-0.15, -0.1) is 5.10 Å². The summed E-state index contributed by atoms with van der Waals surface area (Å²) in [7, 11) is 0. The highest BCUT2D eigenvalue weighted by atomic mass is 15.5. The first-order valence-corrected chi connectivity index (χ1v) is 6.86. The average molecular weight is 283 g/mol. The molecule has 108 valence electrons. The molecule has 1 unspecified atom stereocenters. The maximum Gasteiger partial charge on any atom is 0.143 e. The lowest BCUT2D eigenvalue weighted by molar-refractivity contribution is 0.655. The van der Waals surface area contributed by atoms with Crippen molar-refractivity contribution < 1.29 is 0 Å². The number of nitrogens with two attached hydrogens (primary N) is 1. The third-order valence-electron chi connectivity index (χ3n) is 3.43. The van der Waals surface area contributed by atoms with Gasteiger partial charge in [0.15, 0.2) is 0 Å². The number of hydrogen-bond donors (Lipinski definition) is 2. The van der Waals surface area contributed by atoms with Crippen LogP contribution in [0.3, 0.4) is 0 Å². The normalized spacial score (nSPS) is 12.5. The van der Waals surface area contributed by atoms with Gasteiger partial charge in [0, 0.05) is 11.5 Å². The zero-order chi connectivity index (χ0) is 14.7. The summed E-state index contributed by atoms with van der Waals surface area (Å²) >= 11 is 0. The third kappa shape index (κ3) is 2.82. The van der Waals surface area contributed by atoms with Crippen LogP contribution in [0.15, 0.2) is 36.8 Å². The third-order valence-corrected chi connectivity index (χ3v) is 3.43. The maximum atomic E-state index is 5.60. The van der Waals surface area contributed by atoms with Crippen molar-refractivity contribution in [2.75, 3.05) is 6.54 Å². The summed E-state index contributed by atoms with van der Waals surface area (Å²) in [5, 5.41) is 11.2. The number of rotatable bonds is 5. The van der Waals surface area contributed by atoms with Gasteiger partial charge in [0.1, 0.15) is 12.2 Å². The second-order valence-corrected chi connectivity index (χ2v) is 4.97. The first kappa shape index (κ1) is 13.4. The molecule has 1 aromatic carbocycles. The van der Waals surface area contributed by atoms with E-state index >= 15 is 0 Å². The monoisotopic (exact) mass is 283 g/mol. The van der Waals surface area contributed by atoms with Gasteiger partial charge in [0.2, 0.25) is 0 Å². The van der Waals surface area contributed by atoms with Crippen LogP contribution < -0.4 is 5.73 Å². The van der Waals surface area contributed by atoms with E-state index in [2.05, 4.69) is 32.4 Å². The SMILES string of the molecule is CC(CCN)c1ncc(-c2cccc(-n3cnnn3)c2)[nH]1. The minimum atomic E-state index is 0.325. The molecule has 0 radical (unpaired) electrons. The quantitative estimate of drug-likeness (QED) is 0.739. The molecule has 7 heteroatoms.